The average Bonchev–Trinajstić information content (AvgIpc) is 2.33. The number of rotatable bonds is 3. The summed E-state index contributed by atoms with van der Waals surface area (Å²) in [5.41, 5.74) is 0.752. The molecular formula is C12H11N2O3-. The van der Waals surface area contributed by atoms with Crippen molar-refractivity contribution in [3.63, 3.8) is 0 Å². The van der Waals surface area contributed by atoms with Gasteiger partial charge in [-0.15, -0.1) is 0 Å². The first-order valence-electron chi connectivity index (χ1n) is 5.07. The second-order valence-corrected chi connectivity index (χ2v) is 3.61. The van der Waals surface area contributed by atoms with E-state index in [0.717, 1.165) is 5.56 Å². The maximum absolute atomic E-state index is 11.6. The Bertz CT molecular complexity index is 549. The van der Waals surface area contributed by atoms with Gasteiger partial charge in [0.05, 0.1) is 12.2 Å². The molecule has 0 unspecified atom stereocenters. The lowest BCUT2D eigenvalue weighted by Gasteiger charge is -2.22. The SMILES string of the molecule is O=c1ccc(N([O-])O)cn1Cc1ccccc1. The molecule has 0 bridgehead atoms. The van der Waals surface area contributed by atoms with Crippen molar-refractivity contribution < 1.29 is 5.21 Å². The first-order valence-corrected chi connectivity index (χ1v) is 5.07. The molecule has 1 aromatic heterocycles. The number of hydrogen-bond acceptors (Lipinski definition) is 4. The molecule has 5 nitrogen and oxygen atoms in total. The van der Waals surface area contributed by atoms with Crippen LogP contribution in [0, 0.1) is 5.21 Å². The van der Waals surface area contributed by atoms with Crippen LogP contribution < -0.4 is 10.8 Å². The van der Waals surface area contributed by atoms with Crippen molar-refractivity contribution in [2.45, 2.75) is 6.54 Å². The number of benzene rings is 1. The van der Waals surface area contributed by atoms with Crippen molar-refractivity contribution in [2.75, 3.05) is 5.23 Å². The van der Waals surface area contributed by atoms with E-state index in [4.69, 9.17) is 5.21 Å². The van der Waals surface area contributed by atoms with Crippen molar-refractivity contribution in [1.29, 1.82) is 0 Å². The number of anilines is 1. The fourth-order valence-electron chi connectivity index (χ4n) is 1.54. The molecule has 2 rings (SSSR count). The van der Waals surface area contributed by atoms with E-state index in [-0.39, 0.29) is 16.5 Å². The second kappa shape index (κ2) is 4.82. The first kappa shape index (κ1) is 11.4. The Balaban J connectivity index is 2.32. The van der Waals surface area contributed by atoms with Crippen LogP contribution in [0.2, 0.25) is 0 Å². The summed E-state index contributed by atoms with van der Waals surface area (Å²) in [4.78, 5) is 11.6. The lowest BCUT2D eigenvalue weighted by atomic mass is 10.2. The minimum atomic E-state index is -0.263. The molecule has 0 atom stereocenters. The van der Waals surface area contributed by atoms with Crippen molar-refractivity contribution in [2.24, 2.45) is 0 Å². The molecule has 0 aliphatic rings. The van der Waals surface area contributed by atoms with Gasteiger partial charge in [-0.3, -0.25) is 10.0 Å². The van der Waals surface area contributed by atoms with Gasteiger partial charge < -0.3 is 15.0 Å². The van der Waals surface area contributed by atoms with Crippen LogP contribution in [-0.2, 0) is 6.54 Å². The van der Waals surface area contributed by atoms with Gasteiger partial charge in [0.2, 0.25) is 0 Å². The Morgan fingerprint density at radius 3 is 2.53 bits per heavy atom. The summed E-state index contributed by atoms with van der Waals surface area (Å²) in [6.45, 7) is 0.362. The molecule has 0 saturated heterocycles. The third-order valence-corrected chi connectivity index (χ3v) is 2.38. The minimum absolute atomic E-state index is 0.0283. The summed E-state index contributed by atoms with van der Waals surface area (Å²) in [5.74, 6) is 0. The van der Waals surface area contributed by atoms with Gasteiger partial charge in [0.1, 0.15) is 0 Å². The van der Waals surface area contributed by atoms with Crippen LogP contribution in [0.3, 0.4) is 0 Å². The quantitative estimate of drug-likeness (QED) is 0.814. The Hall–Kier alpha value is -2.11. The lowest BCUT2D eigenvalue weighted by molar-refractivity contribution is 0.295. The van der Waals surface area contributed by atoms with Gasteiger partial charge in [0, 0.05) is 12.3 Å². The lowest BCUT2D eigenvalue weighted by Crippen LogP contribution is -2.21. The second-order valence-electron chi connectivity index (χ2n) is 3.61. The third kappa shape index (κ3) is 2.72. The van der Waals surface area contributed by atoms with Gasteiger partial charge in [-0.1, -0.05) is 30.3 Å². The predicted molar refractivity (Wildman–Crippen MR) is 63.9 cm³/mol. The fraction of sp³-hybridized carbons (Fsp3) is 0.0833. The van der Waals surface area contributed by atoms with E-state index < -0.39 is 0 Å². The molecule has 0 fully saturated rings. The Morgan fingerprint density at radius 2 is 1.88 bits per heavy atom. The van der Waals surface area contributed by atoms with Gasteiger partial charge >= 0.3 is 0 Å². The van der Waals surface area contributed by atoms with E-state index >= 15 is 0 Å². The van der Waals surface area contributed by atoms with E-state index in [1.54, 1.807) is 0 Å². The molecule has 17 heavy (non-hydrogen) atoms. The molecule has 0 amide bonds. The Labute approximate surface area is 97.7 Å². The van der Waals surface area contributed by atoms with Gasteiger partial charge in [-0.2, -0.15) is 0 Å². The zero-order chi connectivity index (χ0) is 12.3. The number of nitrogens with zero attached hydrogens (tertiary/aromatic N) is 2. The van der Waals surface area contributed by atoms with E-state index in [2.05, 4.69) is 0 Å². The molecule has 0 saturated carbocycles. The van der Waals surface area contributed by atoms with E-state index in [0.29, 0.717) is 6.54 Å². The smallest absolute Gasteiger partial charge is 0.250 e. The maximum Gasteiger partial charge on any atom is 0.250 e. The van der Waals surface area contributed by atoms with E-state index in [9.17, 15) is 10.0 Å². The van der Waals surface area contributed by atoms with Crippen LogP contribution in [0.5, 0.6) is 0 Å². The van der Waals surface area contributed by atoms with E-state index in [1.807, 2.05) is 30.3 Å². The van der Waals surface area contributed by atoms with Crippen LogP contribution >= 0.6 is 0 Å². The molecule has 0 aliphatic heterocycles. The highest BCUT2D eigenvalue weighted by molar-refractivity contribution is 5.41. The highest BCUT2D eigenvalue weighted by Gasteiger charge is 2.00. The van der Waals surface area contributed by atoms with E-state index in [1.165, 1.54) is 22.9 Å². The molecule has 5 heteroatoms. The third-order valence-electron chi connectivity index (χ3n) is 2.38. The van der Waals surface area contributed by atoms with Crippen LogP contribution in [-0.4, -0.2) is 9.77 Å². The summed E-state index contributed by atoms with van der Waals surface area (Å²) in [6.07, 6.45) is 1.32. The van der Waals surface area contributed by atoms with Crippen molar-refractivity contribution >= 4 is 5.69 Å². The summed E-state index contributed by atoms with van der Waals surface area (Å²) in [7, 11) is 0. The number of aromatic nitrogens is 1. The minimum Gasteiger partial charge on any atom is -0.733 e. The monoisotopic (exact) mass is 231 g/mol. The van der Waals surface area contributed by atoms with Crippen LogP contribution in [0.15, 0.2) is 53.5 Å². The Morgan fingerprint density at radius 1 is 1.18 bits per heavy atom. The molecule has 1 aromatic carbocycles. The molecule has 0 aliphatic carbocycles. The van der Waals surface area contributed by atoms with Crippen molar-refractivity contribution in [3.05, 3.63) is 69.8 Å². The van der Waals surface area contributed by atoms with Gasteiger partial charge in [0.15, 0.2) is 0 Å². The predicted octanol–water partition coefficient (Wildman–Crippen LogP) is 1.59. The largest absolute Gasteiger partial charge is 0.733 e. The van der Waals surface area contributed by atoms with Crippen LogP contribution in [0.25, 0.3) is 0 Å². The van der Waals surface area contributed by atoms with Gasteiger partial charge in [-0.25, -0.2) is 0 Å². The van der Waals surface area contributed by atoms with Gasteiger partial charge in [-0.05, 0) is 11.6 Å². The molecule has 1 heterocycles. The van der Waals surface area contributed by atoms with Crippen LogP contribution in [0.4, 0.5) is 5.69 Å². The molecule has 88 valence electrons. The highest BCUT2D eigenvalue weighted by atomic mass is 16.8. The topological polar surface area (TPSA) is 68.5 Å². The van der Waals surface area contributed by atoms with Gasteiger partial charge in [0.25, 0.3) is 5.56 Å². The number of pyridine rings is 1. The summed E-state index contributed by atoms with van der Waals surface area (Å²) in [6, 6.07) is 11.9. The zero-order valence-corrected chi connectivity index (χ0v) is 8.98. The summed E-state index contributed by atoms with van der Waals surface area (Å²) < 4.78 is 1.37. The number of hydrogen-bond donors (Lipinski definition) is 1. The summed E-state index contributed by atoms with van der Waals surface area (Å²) in [5, 5.41) is 19.2. The fourth-order valence-corrected chi connectivity index (χ4v) is 1.54. The first-order chi connectivity index (χ1) is 8.16. The molecule has 1 N–H and O–H groups in total. The normalized spacial score (nSPS) is 10.2. The molecule has 0 radical (unpaired) electrons. The highest BCUT2D eigenvalue weighted by Crippen LogP contribution is 2.09. The Kier molecular flexibility index (Phi) is 3.22. The molecular weight excluding hydrogens is 220 g/mol. The zero-order valence-electron chi connectivity index (χ0n) is 8.98. The standard InChI is InChI=1S/C12H11N2O3/c15-12-7-6-11(14(16)17)9-13(12)8-10-4-2-1-3-5-10/h1-7,9,16H,8H2/q-1. The van der Waals surface area contributed by atoms with Crippen molar-refractivity contribution in [3.8, 4) is 0 Å². The van der Waals surface area contributed by atoms with Crippen molar-refractivity contribution in [1.82, 2.24) is 4.57 Å². The summed E-state index contributed by atoms with van der Waals surface area (Å²) >= 11 is 0. The molecule has 0 spiro atoms. The molecule has 2 aromatic rings. The average molecular weight is 231 g/mol. The van der Waals surface area contributed by atoms with Crippen LogP contribution in [0.1, 0.15) is 5.56 Å². The maximum atomic E-state index is 11.6.